The maximum absolute atomic E-state index is 12.3. The van der Waals surface area contributed by atoms with Crippen LogP contribution in [0.25, 0.3) is 0 Å². The maximum atomic E-state index is 12.3. The lowest BCUT2D eigenvalue weighted by atomic mass is 9.94. The average molecular weight is 331 g/mol. The number of carbonyl (C=O) groups excluding carboxylic acids is 1. The molecule has 98 valence electrons. The Morgan fingerprint density at radius 1 is 1.33 bits per heavy atom. The Morgan fingerprint density at radius 2 is 1.89 bits per heavy atom. The van der Waals surface area contributed by atoms with Crippen LogP contribution >= 0.6 is 27.5 Å². The molecule has 4 heteroatoms. The number of halogens is 2. The Balaban J connectivity index is 1.97. The van der Waals surface area contributed by atoms with Crippen LogP contribution in [0, 0.1) is 5.92 Å². The van der Waals surface area contributed by atoms with Crippen molar-refractivity contribution in [1.82, 2.24) is 4.90 Å². The second-order valence-corrected chi connectivity index (χ2v) is 6.69. The fourth-order valence-electron chi connectivity index (χ4n) is 2.34. The van der Waals surface area contributed by atoms with Gasteiger partial charge >= 0.3 is 0 Å². The zero-order chi connectivity index (χ0) is 13.1. The van der Waals surface area contributed by atoms with Crippen molar-refractivity contribution in [3.63, 3.8) is 0 Å². The summed E-state index contributed by atoms with van der Waals surface area (Å²) in [5.41, 5.74) is 0.727. The Morgan fingerprint density at radius 3 is 2.39 bits per heavy atom. The summed E-state index contributed by atoms with van der Waals surface area (Å²) in [4.78, 5) is 14.7. The van der Waals surface area contributed by atoms with Crippen molar-refractivity contribution in [2.24, 2.45) is 5.92 Å². The minimum absolute atomic E-state index is 0.118. The molecule has 1 atom stereocenters. The molecule has 0 N–H and O–H groups in total. The molecule has 0 aliphatic carbocycles. The van der Waals surface area contributed by atoms with Gasteiger partial charge in [-0.05, 0) is 43.0 Å². The molecule has 1 aliphatic rings. The van der Waals surface area contributed by atoms with E-state index in [0.29, 0.717) is 15.8 Å². The Bertz CT molecular complexity index is 410. The molecule has 0 radical (unpaired) electrons. The second-order valence-electron chi connectivity index (χ2n) is 4.81. The number of hydrogen-bond acceptors (Lipinski definition) is 1. The van der Waals surface area contributed by atoms with E-state index < -0.39 is 0 Å². The SMILES string of the molecule is CC(Br)C1CCN(C(=O)c2ccc(Cl)cc2)CC1. The topological polar surface area (TPSA) is 20.3 Å². The molecular formula is C14H17BrClNO. The maximum Gasteiger partial charge on any atom is 0.253 e. The number of carbonyl (C=O) groups is 1. The molecule has 1 aromatic carbocycles. The third-order valence-electron chi connectivity index (χ3n) is 3.57. The summed E-state index contributed by atoms with van der Waals surface area (Å²) in [6.45, 7) is 3.88. The molecule has 0 saturated carbocycles. The number of alkyl halides is 1. The zero-order valence-electron chi connectivity index (χ0n) is 10.4. The first-order valence-electron chi connectivity index (χ1n) is 6.27. The van der Waals surface area contributed by atoms with Gasteiger partial charge in [-0.1, -0.05) is 34.5 Å². The van der Waals surface area contributed by atoms with Crippen LogP contribution in [0.4, 0.5) is 0 Å². The fourth-order valence-corrected chi connectivity index (χ4v) is 2.99. The molecule has 0 spiro atoms. The highest BCUT2D eigenvalue weighted by Gasteiger charge is 2.25. The predicted molar refractivity (Wildman–Crippen MR) is 78.5 cm³/mol. The second kappa shape index (κ2) is 6.07. The molecule has 2 rings (SSSR count). The van der Waals surface area contributed by atoms with E-state index in [4.69, 9.17) is 11.6 Å². The van der Waals surface area contributed by atoms with E-state index in [2.05, 4.69) is 22.9 Å². The smallest absolute Gasteiger partial charge is 0.253 e. The lowest BCUT2D eigenvalue weighted by Gasteiger charge is -2.33. The summed E-state index contributed by atoms with van der Waals surface area (Å²) in [6, 6.07) is 7.12. The molecule has 0 bridgehead atoms. The highest BCUT2D eigenvalue weighted by molar-refractivity contribution is 9.09. The predicted octanol–water partition coefficient (Wildman–Crippen LogP) is 3.98. The minimum atomic E-state index is 0.118. The normalized spacial score (nSPS) is 18.7. The Hall–Kier alpha value is -0.540. The highest BCUT2D eigenvalue weighted by atomic mass is 79.9. The molecule has 1 saturated heterocycles. The lowest BCUT2D eigenvalue weighted by Crippen LogP contribution is -2.39. The van der Waals surface area contributed by atoms with Gasteiger partial charge in [0.25, 0.3) is 5.91 Å². The number of rotatable bonds is 2. The molecule has 1 unspecified atom stereocenters. The van der Waals surface area contributed by atoms with E-state index in [1.165, 1.54) is 0 Å². The van der Waals surface area contributed by atoms with Gasteiger partial charge < -0.3 is 4.90 Å². The number of benzene rings is 1. The van der Waals surface area contributed by atoms with E-state index in [0.717, 1.165) is 31.5 Å². The van der Waals surface area contributed by atoms with Crippen LogP contribution in [-0.2, 0) is 0 Å². The molecule has 1 heterocycles. The van der Waals surface area contributed by atoms with Crippen molar-refractivity contribution in [2.45, 2.75) is 24.6 Å². The first-order valence-corrected chi connectivity index (χ1v) is 7.56. The number of hydrogen-bond donors (Lipinski definition) is 0. The summed E-state index contributed by atoms with van der Waals surface area (Å²) in [5.74, 6) is 0.798. The molecular weight excluding hydrogens is 314 g/mol. The third-order valence-corrected chi connectivity index (χ3v) is 4.57. The molecule has 18 heavy (non-hydrogen) atoms. The van der Waals surface area contributed by atoms with Gasteiger partial charge in [-0.25, -0.2) is 0 Å². The van der Waals surface area contributed by atoms with Gasteiger partial charge in [0.2, 0.25) is 0 Å². The van der Waals surface area contributed by atoms with Crippen molar-refractivity contribution in [3.05, 3.63) is 34.9 Å². The largest absolute Gasteiger partial charge is 0.339 e. The average Bonchev–Trinajstić information content (AvgIpc) is 2.39. The number of amides is 1. The number of nitrogens with zero attached hydrogens (tertiary/aromatic N) is 1. The Labute approximate surface area is 121 Å². The van der Waals surface area contributed by atoms with Gasteiger partial charge in [-0.3, -0.25) is 4.79 Å². The first kappa shape index (κ1) is 13.9. The van der Waals surface area contributed by atoms with Crippen molar-refractivity contribution < 1.29 is 4.79 Å². The van der Waals surface area contributed by atoms with Gasteiger partial charge in [0.05, 0.1) is 0 Å². The minimum Gasteiger partial charge on any atom is -0.339 e. The van der Waals surface area contributed by atoms with Crippen molar-refractivity contribution in [2.75, 3.05) is 13.1 Å². The van der Waals surface area contributed by atoms with Crippen molar-refractivity contribution in [3.8, 4) is 0 Å². The number of likely N-dealkylation sites (tertiary alicyclic amines) is 1. The summed E-state index contributed by atoms with van der Waals surface area (Å²) in [5, 5.41) is 0.665. The summed E-state index contributed by atoms with van der Waals surface area (Å²) in [6.07, 6.45) is 2.15. The van der Waals surface area contributed by atoms with Crippen molar-refractivity contribution in [1.29, 1.82) is 0 Å². The standard InChI is InChI=1S/C14H17BrClNO/c1-10(15)11-6-8-17(9-7-11)14(18)12-2-4-13(16)5-3-12/h2-5,10-11H,6-9H2,1H3. The van der Waals surface area contributed by atoms with Crippen LogP contribution in [-0.4, -0.2) is 28.7 Å². The summed E-state index contributed by atoms with van der Waals surface area (Å²) in [7, 11) is 0. The first-order chi connectivity index (χ1) is 8.58. The third kappa shape index (κ3) is 3.27. The van der Waals surface area contributed by atoms with E-state index >= 15 is 0 Å². The molecule has 1 aliphatic heterocycles. The highest BCUT2D eigenvalue weighted by Crippen LogP contribution is 2.25. The fraction of sp³-hybridized carbons (Fsp3) is 0.500. The Kier molecular flexibility index (Phi) is 4.68. The van der Waals surface area contributed by atoms with Gasteiger partial charge in [-0.15, -0.1) is 0 Å². The van der Waals surface area contributed by atoms with Crippen molar-refractivity contribution >= 4 is 33.4 Å². The van der Waals surface area contributed by atoms with Crippen LogP contribution in [0.15, 0.2) is 24.3 Å². The number of piperidine rings is 1. The van der Waals surface area contributed by atoms with E-state index in [1.807, 2.05) is 4.90 Å². The van der Waals surface area contributed by atoms with Gasteiger partial charge in [0, 0.05) is 28.5 Å². The van der Waals surface area contributed by atoms with Crippen LogP contribution in [0.5, 0.6) is 0 Å². The lowest BCUT2D eigenvalue weighted by molar-refractivity contribution is 0.0691. The van der Waals surface area contributed by atoms with Gasteiger partial charge in [-0.2, -0.15) is 0 Å². The summed E-state index contributed by atoms with van der Waals surface area (Å²) >= 11 is 9.45. The zero-order valence-corrected chi connectivity index (χ0v) is 12.7. The van der Waals surface area contributed by atoms with E-state index in [-0.39, 0.29) is 5.91 Å². The van der Waals surface area contributed by atoms with Gasteiger partial charge in [0.15, 0.2) is 0 Å². The molecule has 1 aromatic rings. The van der Waals surface area contributed by atoms with E-state index in [1.54, 1.807) is 24.3 Å². The van der Waals surface area contributed by atoms with E-state index in [9.17, 15) is 4.79 Å². The molecule has 1 amide bonds. The van der Waals surface area contributed by atoms with Crippen LogP contribution in [0.2, 0.25) is 5.02 Å². The van der Waals surface area contributed by atoms with Crippen LogP contribution in [0.3, 0.4) is 0 Å². The molecule has 0 aromatic heterocycles. The van der Waals surface area contributed by atoms with Crippen LogP contribution in [0.1, 0.15) is 30.1 Å². The molecule has 1 fully saturated rings. The van der Waals surface area contributed by atoms with Gasteiger partial charge in [0.1, 0.15) is 0 Å². The quantitative estimate of drug-likeness (QED) is 0.751. The van der Waals surface area contributed by atoms with Crippen LogP contribution < -0.4 is 0 Å². The molecule has 2 nitrogen and oxygen atoms in total. The summed E-state index contributed by atoms with van der Waals surface area (Å²) < 4.78 is 0. The monoisotopic (exact) mass is 329 g/mol.